The Labute approximate surface area is 92.3 Å². The zero-order valence-corrected chi connectivity index (χ0v) is 9.21. The minimum Gasteiger partial charge on any atom is -0.361 e. The van der Waals surface area contributed by atoms with Gasteiger partial charge in [-0.15, -0.1) is 0 Å². The van der Waals surface area contributed by atoms with E-state index < -0.39 is 0 Å². The van der Waals surface area contributed by atoms with Crippen LogP contribution >= 0.6 is 0 Å². The summed E-state index contributed by atoms with van der Waals surface area (Å²) >= 11 is 0. The van der Waals surface area contributed by atoms with Gasteiger partial charge >= 0.3 is 0 Å². The van der Waals surface area contributed by atoms with Crippen molar-refractivity contribution in [2.24, 2.45) is 5.92 Å². The summed E-state index contributed by atoms with van der Waals surface area (Å²) in [5.74, 6) is 0.692. The molecular formula is C14H19N. The monoisotopic (exact) mass is 201 g/mol. The van der Waals surface area contributed by atoms with Crippen molar-refractivity contribution in [3.63, 3.8) is 0 Å². The third kappa shape index (κ3) is 2.62. The number of rotatable bonds is 2. The van der Waals surface area contributed by atoms with Crippen LogP contribution < -0.4 is 5.32 Å². The van der Waals surface area contributed by atoms with Crippen LogP contribution in [0.2, 0.25) is 0 Å². The van der Waals surface area contributed by atoms with Crippen molar-refractivity contribution in [2.45, 2.75) is 32.1 Å². The maximum absolute atomic E-state index is 4.25. The predicted molar refractivity (Wildman–Crippen MR) is 65.2 cm³/mol. The van der Waals surface area contributed by atoms with E-state index in [1.165, 1.54) is 43.4 Å². The highest BCUT2D eigenvalue weighted by Gasteiger charge is 2.18. The van der Waals surface area contributed by atoms with Crippen molar-refractivity contribution < 1.29 is 0 Å². The summed E-state index contributed by atoms with van der Waals surface area (Å²) in [4.78, 5) is 0. The van der Waals surface area contributed by atoms with Crippen LogP contribution in [0.25, 0.3) is 0 Å². The molecule has 0 saturated heterocycles. The van der Waals surface area contributed by atoms with E-state index in [4.69, 9.17) is 0 Å². The Morgan fingerprint density at radius 3 is 2.73 bits per heavy atom. The van der Waals surface area contributed by atoms with E-state index in [-0.39, 0.29) is 0 Å². The van der Waals surface area contributed by atoms with Crippen LogP contribution in [0.4, 0.5) is 0 Å². The van der Waals surface area contributed by atoms with Gasteiger partial charge in [-0.2, -0.15) is 0 Å². The highest BCUT2D eigenvalue weighted by atomic mass is 14.9. The Bertz CT molecular complexity index is 314. The van der Waals surface area contributed by atoms with Gasteiger partial charge in [-0.05, 0) is 36.5 Å². The summed E-state index contributed by atoms with van der Waals surface area (Å²) in [6, 6.07) is 0. The van der Waals surface area contributed by atoms with E-state index in [9.17, 15) is 0 Å². The first kappa shape index (κ1) is 10.3. The van der Waals surface area contributed by atoms with E-state index in [1.54, 1.807) is 0 Å². The molecule has 2 aliphatic rings. The van der Waals surface area contributed by atoms with Crippen LogP contribution in [-0.2, 0) is 0 Å². The molecule has 0 unspecified atom stereocenters. The Balaban J connectivity index is 2.03. The minimum absolute atomic E-state index is 0.692. The van der Waals surface area contributed by atoms with E-state index in [2.05, 4.69) is 24.0 Å². The van der Waals surface area contributed by atoms with Gasteiger partial charge in [0.05, 0.1) is 0 Å². The van der Waals surface area contributed by atoms with E-state index in [0.717, 1.165) is 0 Å². The van der Waals surface area contributed by atoms with E-state index in [0.29, 0.717) is 5.92 Å². The van der Waals surface area contributed by atoms with Crippen LogP contribution in [0.3, 0.4) is 0 Å². The first-order valence-corrected chi connectivity index (χ1v) is 5.87. The quantitative estimate of drug-likeness (QED) is 0.718. The molecule has 0 aromatic carbocycles. The summed E-state index contributed by atoms with van der Waals surface area (Å²) in [6.45, 7) is 4.25. The molecular weight excluding hydrogens is 182 g/mol. The summed E-state index contributed by atoms with van der Waals surface area (Å²) in [5.41, 5.74) is 2.47. The van der Waals surface area contributed by atoms with Crippen LogP contribution in [0, 0.1) is 5.92 Å². The van der Waals surface area contributed by atoms with Crippen molar-refractivity contribution in [2.75, 3.05) is 0 Å². The second-order valence-electron chi connectivity index (χ2n) is 4.33. The zero-order valence-electron chi connectivity index (χ0n) is 9.21. The van der Waals surface area contributed by atoms with Gasteiger partial charge in [-0.25, -0.2) is 0 Å². The lowest BCUT2D eigenvalue weighted by atomic mass is 9.83. The molecule has 1 nitrogen and oxygen atoms in total. The molecule has 1 saturated carbocycles. The molecule has 1 heteroatoms. The van der Waals surface area contributed by atoms with Gasteiger partial charge in [-0.3, -0.25) is 0 Å². The van der Waals surface area contributed by atoms with Gasteiger partial charge in [-0.1, -0.05) is 38.0 Å². The Kier molecular flexibility index (Phi) is 3.44. The summed E-state index contributed by atoms with van der Waals surface area (Å²) < 4.78 is 0. The molecule has 0 atom stereocenters. The molecule has 1 fully saturated rings. The van der Waals surface area contributed by atoms with Crippen molar-refractivity contribution in [3.05, 3.63) is 48.4 Å². The molecule has 0 spiro atoms. The highest BCUT2D eigenvalue weighted by molar-refractivity contribution is 5.35. The second-order valence-corrected chi connectivity index (χ2v) is 4.33. The zero-order chi connectivity index (χ0) is 10.5. The van der Waals surface area contributed by atoms with E-state index >= 15 is 0 Å². The normalized spacial score (nSPS) is 21.7. The third-order valence-corrected chi connectivity index (χ3v) is 3.26. The summed E-state index contributed by atoms with van der Waals surface area (Å²) in [6.07, 6.45) is 17.0. The number of nitrogens with one attached hydrogen (secondary N) is 1. The first-order valence-electron chi connectivity index (χ1n) is 5.87. The Morgan fingerprint density at radius 2 is 1.93 bits per heavy atom. The van der Waals surface area contributed by atoms with Gasteiger partial charge in [0, 0.05) is 11.9 Å². The highest BCUT2D eigenvalue weighted by Crippen LogP contribution is 2.31. The first-order chi connectivity index (χ1) is 7.38. The average Bonchev–Trinajstić information content (AvgIpc) is 2.58. The fraction of sp³-hybridized carbons (Fsp3) is 0.429. The van der Waals surface area contributed by atoms with Gasteiger partial charge in [0.25, 0.3) is 0 Å². The predicted octanol–water partition coefficient (Wildman–Crippen LogP) is 3.68. The minimum atomic E-state index is 0.692. The standard InChI is InChI=1S/C14H19N/c1-12(13-8-4-2-5-9-13)14-10-6-3-7-11-15-14/h3,6-7,10-11,13,15H,1-2,4-5,8-9H2. The van der Waals surface area contributed by atoms with Crippen LogP contribution in [0.15, 0.2) is 48.4 Å². The lowest BCUT2D eigenvalue weighted by molar-refractivity contribution is 0.405. The van der Waals surface area contributed by atoms with Crippen molar-refractivity contribution in [3.8, 4) is 0 Å². The van der Waals surface area contributed by atoms with Gasteiger partial charge in [0.1, 0.15) is 0 Å². The number of allylic oxidation sites excluding steroid dienone is 5. The van der Waals surface area contributed by atoms with Gasteiger partial charge in [0.15, 0.2) is 0 Å². The molecule has 1 aliphatic heterocycles. The molecule has 2 rings (SSSR count). The molecule has 1 aliphatic carbocycles. The molecule has 15 heavy (non-hydrogen) atoms. The van der Waals surface area contributed by atoms with Crippen molar-refractivity contribution in [1.82, 2.24) is 5.32 Å². The molecule has 1 N–H and O–H groups in total. The topological polar surface area (TPSA) is 12.0 Å². The Hall–Kier alpha value is -1.24. The maximum Gasteiger partial charge on any atom is 0.0409 e. The summed E-state index contributed by atoms with van der Waals surface area (Å²) in [5, 5.41) is 3.30. The smallest absolute Gasteiger partial charge is 0.0409 e. The van der Waals surface area contributed by atoms with Crippen LogP contribution in [-0.4, -0.2) is 0 Å². The second kappa shape index (κ2) is 5.01. The summed E-state index contributed by atoms with van der Waals surface area (Å²) in [7, 11) is 0. The van der Waals surface area contributed by atoms with Crippen molar-refractivity contribution >= 4 is 0 Å². The van der Waals surface area contributed by atoms with Crippen LogP contribution in [0.5, 0.6) is 0 Å². The molecule has 0 aromatic rings. The van der Waals surface area contributed by atoms with Gasteiger partial charge < -0.3 is 5.32 Å². The molecule has 0 radical (unpaired) electrons. The largest absolute Gasteiger partial charge is 0.361 e. The maximum atomic E-state index is 4.25. The molecule has 0 bridgehead atoms. The van der Waals surface area contributed by atoms with Crippen LogP contribution in [0.1, 0.15) is 32.1 Å². The third-order valence-electron chi connectivity index (χ3n) is 3.26. The van der Waals surface area contributed by atoms with Gasteiger partial charge in [0.2, 0.25) is 0 Å². The number of hydrogen-bond acceptors (Lipinski definition) is 1. The molecule has 80 valence electrons. The average molecular weight is 201 g/mol. The van der Waals surface area contributed by atoms with E-state index in [1.807, 2.05) is 18.4 Å². The fourth-order valence-corrected chi connectivity index (χ4v) is 2.33. The number of hydrogen-bond donors (Lipinski definition) is 1. The SMILES string of the molecule is C=C(C1=CC=CC=CN1)C1CCCCC1. The van der Waals surface area contributed by atoms with Crippen molar-refractivity contribution in [1.29, 1.82) is 0 Å². The lowest BCUT2D eigenvalue weighted by Gasteiger charge is -2.25. The molecule has 0 amide bonds. The Morgan fingerprint density at radius 1 is 1.13 bits per heavy atom. The molecule has 0 aromatic heterocycles. The fourth-order valence-electron chi connectivity index (χ4n) is 2.33. The molecule has 1 heterocycles. The lowest BCUT2D eigenvalue weighted by Crippen LogP contribution is -2.15.